The highest BCUT2D eigenvalue weighted by Gasteiger charge is 2.37. The quantitative estimate of drug-likeness (QED) is 0.890. The molecule has 1 saturated carbocycles. The summed E-state index contributed by atoms with van der Waals surface area (Å²) in [5.41, 5.74) is -0.463. The molecule has 0 aromatic carbocycles. The number of aliphatic hydroxyl groups is 1. The fourth-order valence-electron chi connectivity index (χ4n) is 2.37. The fraction of sp³-hybridized carbons (Fsp3) is 0.583. The summed E-state index contributed by atoms with van der Waals surface area (Å²) in [6.45, 7) is 0. The highest BCUT2D eigenvalue weighted by Crippen LogP contribution is 2.40. The van der Waals surface area contributed by atoms with E-state index in [2.05, 4.69) is 9.72 Å². The summed E-state index contributed by atoms with van der Waals surface area (Å²) >= 11 is 0. The molecule has 0 amide bonds. The topological polar surface area (TPSA) is 42.4 Å². The molecule has 0 spiro atoms. The molecule has 0 bridgehead atoms. The largest absolute Gasteiger partial charge is 0.481 e. The van der Waals surface area contributed by atoms with Crippen molar-refractivity contribution >= 4 is 0 Å². The Labute approximate surface area is 103 Å². The van der Waals surface area contributed by atoms with E-state index in [-0.39, 0.29) is 5.92 Å². The molecule has 1 aliphatic carbocycles. The number of aromatic nitrogens is 1. The van der Waals surface area contributed by atoms with Crippen LogP contribution in [0.15, 0.2) is 12.3 Å². The highest BCUT2D eigenvalue weighted by atomic mass is 19.4. The summed E-state index contributed by atoms with van der Waals surface area (Å²) in [5, 5.41) is 9.72. The van der Waals surface area contributed by atoms with Gasteiger partial charge >= 0.3 is 6.18 Å². The van der Waals surface area contributed by atoms with Crippen molar-refractivity contribution in [1.82, 2.24) is 4.98 Å². The Balaban J connectivity index is 2.39. The first-order chi connectivity index (χ1) is 8.43. The molecular weight excluding hydrogens is 247 g/mol. The van der Waals surface area contributed by atoms with E-state index < -0.39 is 23.7 Å². The first-order valence-electron chi connectivity index (χ1n) is 5.72. The van der Waals surface area contributed by atoms with Gasteiger partial charge < -0.3 is 9.84 Å². The summed E-state index contributed by atoms with van der Waals surface area (Å²) in [4.78, 5) is 3.69. The van der Waals surface area contributed by atoms with Crippen molar-refractivity contribution in [3.05, 3.63) is 23.4 Å². The number of aliphatic hydroxyl groups excluding tert-OH is 1. The predicted octanol–water partition coefficient (Wildman–Crippen LogP) is 2.74. The van der Waals surface area contributed by atoms with Gasteiger partial charge in [0.25, 0.3) is 0 Å². The Morgan fingerprint density at radius 2 is 2.11 bits per heavy atom. The molecule has 0 radical (unpaired) electrons. The molecule has 6 heteroatoms. The lowest BCUT2D eigenvalue weighted by molar-refractivity contribution is -0.139. The normalized spacial score (nSPS) is 24.3. The van der Waals surface area contributed by atoms with Crippen molar-refractivity contribution in [3.8, 4) is 5.88 Å². The SMILES string of the molecule is COc1ncc([C@@H]2CCC[C@@H]2O)cc1C(F)(F)F. The van der Waals surface area contributed by atoms with Crippen LogP contribution in [0.25, 0.3) is 0 Å². The zero-order chi connectivity index (χ0) is 13.3. The van der Waals surface area contributed by atoms with E-state index in [1.165, 1.54) is 6.20 Å². The minimum absolute atomic E-state index is 0.260. The van der Waals surface area contributed by atoms with E-state index in [1.54, 1.807) is 0 Å². The molecule has 0 aliphatic heterocycles. The summed E-state index contributed by atoms with van der Waals surface area (Å²) in [6.07, 6.45) is -1.60. The third kappa shape index (κ3) is 2.43. The van der Waals surface area contributed by atoms with Crippen LogP contribution < -0.4 is 4.74 Å². The average Bonchev–Trinajstić information content (AvgIpc) is 2.73. The van der Waals surface area contributed by atoms with Crippen molar-refractivity contribution in [2.75, 3.05) is 7.11 Å². The smallest absolute Gasteiger partial charge is 0.421 e. The summed E-state index contributed by atoms with van der Waals surface area (Å²) in [5.74, 6) is -0.691. The number of nitrogens with zero attached hydrogens (tertiary/aromatic N) is 1. The number of methoxy groups -OCH3 is 1. The van der Waals surface area contributed by atoms with Gasteiger partial charge in [0.05, 0.1) is 13.2 Å². The molecule has 1 aliphatic rings. The number of alkyl halides is 3. The van der Waals surface area contributed by atoms with Gasteiger partial charge in [0.1, 0.15) is 5.56 Å². The van der Waals surface area contributed by atoms with E-state index in [9.17, 15) is 18.3 Å². The second kappa shape index (κ2) is 4.76. The van der Waals surface area contributed by atoms with Crippen LogP contribution in [-0.2, 0) is 6.18 Å². The number of ether oxygens (including phenoxy) is 1. The monoisotopic (exact) mass is 261 g/mol. The van der Waals surface area contributed by atoms with Crippen molar-refractivity contribution in [2.45, 2.75) is 37.5 Å². The Morgan fingerprint density at radius 3 is 2.61 bits per heavy atom. The number of rotatable bonds is 2. The summed E-state index contributed by atoms with van der Waals surface area (Å²) < 4.78 is 43.1. The molecule has 1 aromatic heterocycles. The molecule has 18 heavy (non-hydrogen) atoms. The van der Waals surface area contributed by atoms with Crippen LogP contribution in [0.3, 0.4) is 0 Å². The van der Waals surface area contributed by atoms with Gasteiger partial charge in [-0.05, 0) is 24.5 Å². The predicted molar refractivity (Wildman–Crippen MR) is 58.4 cm³/mol. The van der Waals surface area contributed by atoms with E-state index in [1.807, 2.05) is 0 Å². The molecular formula is C12H14F3NO2. The van der Waals surface area contributed by atoms with E-state index in [0.717, 1.165) is 19.6 Å². The van der Waals surface area contributed by atoms with Gasteiger partial charge in [0, 0.05) is 12.1 Å². The van der Waals surface area contributed by atoms with Crippen molar-refractivity contribution in [1.29, 1.82) is 0 Å². The van der Waals surface area contributed by atoms with Crippen LogP contribution in [0.1, 0.15) is 36.3 Å². The molecule has 1 N–H and O–H groups in total. The molecule has 0 unspecified atom stereocenters. The van der Waals surface area contributed by atoms with Crippen molar-refractivity contribution in [2.24, 2.45) is 0 Å². The zero-order valence-electron chi connectivity index (χ0n) is 9.87. The van der Waals surface area contributed by atoms with Crippen LogP contribution in [0.5, 0.6) is 5.88 Å². The van der Waals surface area contributed by atoms with Gasteiger partial charge in [-0.25, -0.2) is 4.98 Å². The van der Waals surface area contributed by atoms with E-state index in [0.29, 0.717) is 18.4 Å². The zero-order valence-corrected chi connectivity index (χ0v) is 9.87. The van der Waals surface area contributed by atoms with Gasteiger partial charge in [0.15, 0.2) is 0 Å². The van der Waals surface area contributed by atoms with Crippen molar-refractivity contribution < 1.29 is 23.0 Å². The standard InChI is InChI=1S/C12H14F3NO2/c1-18-11-9(12(13,14)15)5-7(6-16-11)8-3-2-4-10(8)17/h5-6,8,10,17H,2-4H2,1H3/t8-,10-/m0/s1. The van der Waals surface area contributed by atoms with E-state index >= 15 is 0 Å². The van der Waals surface area contributed by atoms with Crippen molar-refractivity contribution in [3.63, 3.8) is 0 Å². The van der Waals surface area contributed by atoms with Gasteiger partial charge in [-0.3, -0.25) is 0 Å². The molecule has 3 nitrogen and oxygen atoms in total. The number of hydrogen-bond donors (Lipinski definition) is 1. The van der Waals surface area contributed by atoms with Crippen LogP contribution >= 0.6 is 0 Å². The van der Waals surface area contributed by atoms with Gasteiger partial charge in [-0.1, -0.05) is 6.42 Å². The molecule has 1 heterocycles. The maximum atomic E-state index is 12.8. The van der Waals surface area contributed by atoms with Crippen LogP contribution in [-0.4, -0.2) is 23.3 Å². The molecule has 0 saturated heterocycles. The maximum Gasteiger partial charge on any atom is 0.421 e. The number of pyridine rings is 1. The third-order valence-electron chi connectivity index (χ3n) is 3.28. The Morgan fingerprint density at radius 1 is 1.39 bits per heavy atom. The number of halogens is 3. The average molecular weight is 261 g/mol. The molecule has 2 rings (SSSR count). The molecule has 1 fully saturated rings. The number of hydrogen-bond acceptors (Lipinski definition) is 3. The minimum atomic E-state index is -4.50. The fourth-order valence-corrected chi connectivity index (χ4v) is 2.37. The summed E-state index contributed by atoms with van der Waals surface area (Å²) in [6, 6.07) is 1.03. The molecule has 1 aromatic rings. The third-order valence-corrected chi connectivity index (χ3v) is 3.28. The Hall–Kier alpha value is -1.30. The van der Waals surface area contributed by atoms with Crippen LogP contribution in [0, 0.1) is 0 Å². The Bertz CT molecular complexity index is 434. The van der Waals surface area contributed by atoms with Gasteiger partial charge in [-0.2, -0.15) is 13.2 Å². The first kappa shape index (κ1) is 13.1. The van der Waals surface area contributed by atoms with E-state index in [4.69, 9.17) is 0 Å². The lowest BCUT2D eigenvalue weighted by atomic mass is 9.96. The highest BCUT2D eigenvalue weighted by molar-refractivity contribution is 5.34. The van der Waals surface area contributed by atoms with Crippen LogP contribution in [0.4, 0.5) is 13.2 Å². The molecule has 100 valence electrons. The lowest BCUT2D eigenvalue weighted by Crippen LogP contribution is -2.14. The first-order valence-corrected chi connectivity index (χ1v) is 5.72. The van der Waals surface area contributed by atoms with Gasteiger partial charge in [-0.15, -0.1) is 0 Å². The maximum absolute atomic E-state index is 12.8. The minimum Gasteiger partial charge on any atom is -0.481 e. The lowest BCUT2D eigenvalue weighted by Gasteiger charge is -2.17. The van der Waals surface area contributed by atoms with Gasteiger partial charge in [0.2, 0.25) is 5.88 Å². The second-order valence-corrected chi connectivity index (χ2v) is 4.43. The van der Waals surface area contributed by atoms with Crippen LogP contribution in [0.2, 0.25) is 0 Å². The Kier molecular flexibility index (Phi) is 3.47. The molecule has 2 atom stereocenters. The second-order valence-electron chi connectivity index (χ2n) is 4.43. The summed E-state index contributed by atoms with van der Waals surface area (Å²) in [7, 11) is 1.15.